The number of amides is 1. The molecule has 3 heterocycles. The average molecular weight is 648 g/mol. The maximum Gasteiger partial charge on any atom is 0.268 e. The Hall–Kier alpha value is -3.15. The first kappa shape index (κ1) is 28.9. The first-order valence-corrected chi connectivity index (χ1v) is 18.1. The lowest BCUT2D eigenvalue weighted by Crippen LogP contribution is -2.45. The molecule has 10 heteroatoms. The molecule has 8 nitrogen and oxygen atoms in total. The predicted molar refractivity (Wildman–Crippen MR) is 167 cm³/mol. The van der Waals surface area contributed by atoms with E-state index in [4.69, 9.17) is 4.74 Å². The molecular formula is C32H35BrN4O4Si. The summed E-state index contributed by atoms with van der Waals surface area (Å²) in [5.74, 6) is -0.652. The molecule has 0 bridgehead atoms. The number of aromatic nitrogens is 3. The number of aliphatic hydroxyl groups excluding tert-OH is 1. The molecule has 5 atom stereocenters. The number of rotatable bonds is 8. The lowest BCUT2D eigenvalue weighted by atomic mass is 9.82. The minimum absolute atomic E-state index is 0.0736. The van der Waals surface area contributed by atoms with Gasteiger partial charge in [-0.1, -0.05) is 76.6 Å². The number of carbonyl (C=O) groups excluding carboxylic acids is 1. The normalized spacial score (nSPS) is 24.4. The van der Waals surface area contributed by atoms with E-state index >= 15 is 0 Å². The zero-order chi connectivity index (χ0) is 29.6. The fourth-order valence-electron chi connectivity index (χ4n) is 6.98. The van der Waals surface area contributed by atoms with Crippen molar-refractivity contribution >= 4 is 41.5 Å². The van der Waals surface area contributed by atoms with Crippen molar-refractivity contribution in [3.8, 4) is 0 Å². The van der Waals surface area contributed by atoms with Gasteiger partial charge in [0.05, 0.1) is 30.0 Å². The number of ether oxygens (including phenoxy) is 1. The number of benzene rings is 3. The van der Waals surface area contributed by atoms with Gasteiger partial charge in [-0.25, -0.2) is 0 Å². The molecule has 218 valence electrons. The van der Waals surface area contributed by atoms with Crippen LogP contribution in [0, 0.1) is 5.92 Å². The van der Waals surface area contributed by atoms with Crippen LogP contribution in [0.15, 0.2) is 89.5 Å². The summed E-state index contributed by atoms with van der Waals surface area (Å²) in [5, 5.41) is 18.8. The summed E-state index contributed by atoms with van der Waals surface area (Å²) in [5.41, 5.74) is 2.66. The van der Waals surface area contributed by atoms with Crippen molar-refractivity contribution in [2.45, 2.75) is 56.1 Å². The van der Waals surface area contributed by atoms with Gasteiger partial charge in [0.2, 0.25) is 0 Å². The van der Waals surface area contributed by atoms with Gasteiger partial charge in [-0.2, -0.15) is 0 Å². The van der Waals surface area contributed by atoms with E-state index in [-0.39, 0.29) is 36.0 Å². The summed E-state index contributed by atoms with van der Waals surface area (Å²) >= 11 is 3.62. The maximum absolute atomic E-state index is 14.5. The van der Waals surface area contributed by atoms with Crippen molar-refractivity contribution < 1.29 is 19.4 Å². The molecule has 2 aliphatic heterocycles. The van der Waals surface area contributed by atoms with Gasteiger partial charge >= 0.3 is 0 Å². The molecule has 1 saturated heterocycles. The molecule has 0 aliphatic carbocycles. The average Bonchev–Trinajstić information content (AvgIpc) is 3.63. The van der Waals surface area contributed by atoms with Crippen molar-refractivity contribution in [3.63, 3.8) is 0 Å². The van der Waals surface area contributed by atoms with Crippen molar-refractivity contribution in [2.24, 2.45) is 5.92 Å². The molecule has 2 N–H and O–H groups in total. The Morgan fingerprint density at radius 2 is 1.76 bits per heavy atom. The van der Waals surface area contributed by atoms with Crippen molar-refractivity contribution in [3.05, 3.63) is 106 Å². The van der Waals surface area contributed by atoms with Crippen LogP contribution in [0.2, 0.25) is 18.6 Å². The molecule has 42 heavy (non-hydrogen) atoms. The SMILES string of the molecule is C[C@H]1[C@H]([Si](C)(C)O)[C@@H](CCn2cc(C(CO)c3ccccc3)nn2)O[C@]12C(=O)N(c1ccccc1)c1ccc(Br)cc12. The summed E-state index contributed by atoms with van der Waals surface area (Å²) in [6, 6.07) is 25.3. The summed E-state index contributed by atoms with van der Waals surface area (Å²) in [6.07, 6.45) is 2.05. The number of nitrogens with zero attached hydrogens (tertiary/aromatic N) is 4. The van der Waals surface area contributed by atoms with Crippen LogP contribution in [0.25, 0.3) is 0 Å². The first-order chi connectivity index (χ1) is 20.1. The molecule has 3 aromatic carbocycles. The second-order valence-corrected chi connectivity index (χ2v) is 16.7. The number of para-hydroxylation sites is 1. The van der Waals surface area contributed by atoms with Gasteiger partial charge in [-0.05, 0) is 55.4 Å². The largest absolute Gasteiger partial charge is 0.432 e. The monoisotopic (exact) mass is 646 g/mol. The van der Waals surface area contributed by atoms with E-state index in [1.54, 1.807) is 9.58 Å². The van der Waals surface area contributed by atoms with Crippen LogP contribution >= 0.6 is 15.9 Å². The molecular weight excluding hydrogens is 612 g/mol. The molecule has 0 radical (unpaired) electrons. The molecule has 1 amide bonds. The Labute approximate surface area is 255 Å². The Morgan fingerprint density at radius 3 is 2.43 bits per heavy atom. The highest BCUT2D eigenvalue weighted by Crippen LogP contribution is 2.61. The Morgan fingerprint density at radius 1 is 1.07 bits per heavy atom. The number of carbonyl (C=O) groups is 1. The van der Waals surface area contributed by atoms with Crippen LogP contribution in [0.1, 0.15) is 36.1 Å². The summed E-state index contributed by atoms with van der Waals surface area (Å²) in [4.78, 5) is 27.8. The Bertz CT molecular complexity index is 1580. The van der Waals surface area contributed by atoms with Crippen LogP contribution in [-0.4, -0.2) is 51.8 Å². The van der Waals surface area contributed by atoms with Crippen LogP contribution in [0.5, 0.6) is 0 Å². The van der Waals surface area contributed by atoms with Gasteiger partial charge in [-0.3, -0.25) is 14.4 Å². The Kier molecular flexibility index (Phi) is 7.69. The quantitative estimate of drug-likeness (QED) is 0.237. The number of hydrogen-bond donors (Lipinski definition) is 2. The highest BCUT2D eigenvalue weighted by molar-refractivity contribution is 9.10. The third kappa shape index (κ3) is 4.85. The van der Waals surface area contributed by atoms with Gasteiger partial charge in [0.15, 0.2) is 13.9 Å². The zero-order valence-corrected chi connectivity index (χ0v) is 26.5. The van der Waals surface area contributed by atoms with Gasteiger partial charge in [-0.15, -0.1) is 5.10 Å². The molecule has 4 aromatic rings. The lowest BCUT2D eigenvalue weighted by molar-refractivity contribution is -0.145. The first-order valence-electron chi connectivity index (χ1n) is 14.3. The number of halogens is 1. The molecule has 6 rings (SSSR count). The zero-order valence-electron chi connectivity index (χ0n) is 23.9. The van der Waals surface area contributed by atoms with Gasteiger partial charge < -0.3 is 14.6 Å². The fourth-order valence-corrected chi connectivity index (χ4v) is 9.94. The molecule has 1 fully saturated rings. The van der Waals surface area contributed by atoms with Crippen molar-refractivity contribution in [1.29, 1.82) is 0 Å². The third-order valence-corrected chi connectivity index (χ3v) is 11.8. The number of hydrogen-bond acceptors (Lipinski definition) is 6. The fraction of sp³-hybridized carbons (Fsp3) is 0.344. The second kappa shape index (κ2) is 11.2. The third-order valence-electron chi connectivity index (χ3n) is 8.81. The number of anilines is 2. The van der Waals surface area contributed by atoms with Crippen LogP contribution in [-0.2, 0) is 21.7 Å². The van der Waals surface area contributed by atoms with Gasteiger partial charge in [0.25, 0.3) is 5.91 Å². The number of fused-ring (bicyclic) bond motifs is 2. The minimum Gasteiger partial charge on any atom is -0.432 e. The van der Waals surface area contributed by atoms with Crippen LogP contribution in [0.4, 0.5) is 11.4 Å². The Balaban J connectivity index is 1.32. The molecule has 1 spiro atoms. The van der Waals surface area contributed by atoms with E-state index in [9.17, 15) is 14.7 Å². The second-order valence-electron chi connectivity index (χ2n) is 11.8. The van der Waals surface area contributed by atoms with Gasteiger partial charge in [0.1, 0.15) is 0 Å². The predicted octanol–water partition coefficient (Wildman–Crippen LogP) is 5.73. The van der Waals surface area contributed by atoms with Crippen LogP contribution in [0.3, 0.4) is 0 Å². The maximum atomic E-state index is 14.5. The van der Waals surface area contributed by atoms with E-state index < -0.39 is 13.9 Å². The molecule has 1 aromatic heterocycles. The summed E-state index contributed by atoms with van der Waals surface area (Å²) in [6.45, 7) is 6.33. The van der Waals surface area contributed by atoms with Crippen molar-refractivity contribution in [2.75, 3.05) is 11.5 Å². The standard InChI is InChI=1S/C32H35BrN4O4Si/c1-21-30(42(2,3)40)29(16-17-36-19-27(34-35-36)25(20-38)22-10-6-4-7-11-22)41-32(21)26-18-23(33)14-15-28(26)37(31(32)39)24-12-8-5-9-13-24/h4-15,18-19,21,25,29-30,38,40H,16-17,20H2,1-3H3/t21-,25?,29+,30-,32+/m0/s1. The highest BCUT2D eigenvalue weighted by Gasteiger charge is 2.66. The molecule has 1 unspecified atom stereocenters. The van der Waals surface area contributed by atoms with Crippen molar-refractivity contribution in [1.82, 2.24) is 15.0 Å². The lowest BCUT2D eigenvalue weighted by Gasteiger charge is -2.32. The van der Waals surface area contributed by atoms with E-state index in [0.717, 1.165) is 27.0 Å². The van der Waals surface area contributed by atoms with Gasteiger partial charge in [0, 0.05) is 39.9 Å². The van der Waals surface area contributed by atoms with E-state index in [1.807, 2.05) is 105 Å². The van der Waals surface area contributed by atoms with E-state index in [0.29, 0.717) is 18.7 Å². The van der Waals surface area contributed by atoms with Crippen LogP contribution < -0.4 is 4.90 Å². The number of aryl methyl sites for hydroxylation is 1. The minimum atomic E-state index is -2.80. The highest BCUT2D eigenvalue weighted by atomic mass is 79.9. The molecule has 2 aliphatic rings. The smallest absolute Gasteiger partial charge is 0.268 e. The van der Waals surface area contributed by atoms with E-state index in [2.05, 4.69) is 26.2 Å². The summed E-state index contributed by atoms with van der Waals surface area (Å²) < 4.78 is 9.57. The summed E-state index contributed by atoms with van der Waals surface area (Å²) in [7, 11) is -2.80. The molecule has 0 saturated carbocycles. The topological polar surface area (TPSA) is 101 Å². The number of aliphatic hydroxyl groups is 1. The van der Waals surface area contributed by atoms with E-state index in [1.165, 1.54) is 0 Å².